The minimum Gasteiger partial charge on any atom is -0.309 e. The molecule has 0 radical (unpaired) electrons. The van der Waals surface area contributed by atoms with Gasteiger partial charge < -0.3 is 27.4 Å². The summed E-state index contributed by atoms with van der Waals surface area (Å²) in [6.07, 6.45) is 4.11. The van der Waals surface area contributed by atoms with E-state index < -0.39 is 0 Å². The maximum Gasteiger partial charge on any atom is 0.0991 e. The highest BCUT2D eigenvalue weighted by Gasteiger charge is 2.26. The van der Waals surface area contributed by atoms with E-state index in [9.17, 15) is 5.26 Å². The van der Waals surface area contributed by atoms with Crippen LogP contribution in [-0.4, -0.2) is 32.4 Å². The Labute approximate surface area is 526 Å². The number of para-hydroxylation sites is 8. The molecule has 8 nitrogen and oxygen atoms in total. The Bertz CT molecular complexity index is 5660. The summed E-state index contributed by atoms with van der Waals surface area (Å²) in [5.74, 6) is 0. The third-order valence-corrected chi connectivity index (χ3v) is 19.5. The molecular formula is C84H50N8. The van der Waals surface area contributed by atoms with E-state index in [1.165, 1.54) is 43.1 Å². The number of fused-ring (bicyclic) bond motifs is 18. The maximum atomic E-state index is 10.5. The van der Waals surface area contributed by atoms with E-state index in [0.29, 0.717) is 5.56 Å². The smallest absolute Gasteiger partial charge is 0.0991 e. The summed E-state index contributed by atoms with van der Waals surface area (Å²) >= 11 is 0. The highest BCUT2D eigenvalue weighted by atomic mass is 15.1. The van der Waals surface area contributed by atoms with Gasteiger partial charge in [0.2, 0.25) is 0 Å². The molecule has 0 bridgehead atoms. The van der Waals surface area contributed by atoms with Crippen molar-refractivity contribution in [3.63, 3.8) is 0 Å². The van der Waals surface area contributed by atoms with Crippen molar-refractivity contribution in [1.82, 2.24) is 32.4 Å². The minimum absolute atomic E-state index is 0.581. The maximum absolute atomic E-state index is 10.5. The van der Waals surface area contributed by atoms with Crippen molar-refractivity contribution < 1.29 is 0 Å². The Balaban J connectivity index is 0.931. The molecule has 8 heteroatoms. The Hall–Kier alpha value is -12.7. The molecule has 7 heterocycles. The van der Waals surface area contributed by atoms with Crippen LogP contribution in [0.25, 0.3) is 176 Å². The monoisotopic (exact) mass is 1170 g/mol. The summed E-state index contributed by atoms with van der Waals surface area (Å²) in [7, 11) is 0. The van der Waals surface area contributed by atoms with Crippen LogP contribution in [0, 0.1) is 11.3 Å². The van der Waals surface area contributed by atoms with Crippen molar-refractivity contribution >= 4 is 131 Å². The van der Waals surface area contributed by atoms with E-state index in [-0.39, 0.29) is 0 Å². The van der Waals surface area contributed by atoms with Gasteiger partial charge in [0.1, 0.15) is 0 Å². The Morgan fingerprint density at radius 3 is 0.696 bits per heavy atom. The molecule has 0 atom stereocenters. The number of hydrogen-bond donors (Lipinski definition) is 0. The van der Waals surface area contributed by atoms with Crippen LogP contribution in [0.4, 0.5) is 0 Å². The topological polar surface area (TPSA) is 66.3 Å². The average Bonchev–Trinajstić information content (AvgIpc) is 1.55. The van der Waals surface area contributed by atoms with Crippen LogP contribution >= 0.6 is 0 Å². The standard InChI is InChI=1S/C84H50N8/c85-49-52-33-35-53(36-34-52)84-82(91-78-45-54(87-70-25-9-1-17-58(70)59-18-2-10-26-71(59)87)37-41-66(78)67-42-38-55(46-79(67)91)88-72-27-11-3-19-60(72)61-20-4-12-28-73(61)88)50-86-51-83(84)92-80-47-56(89-74-29-13-5-21-62(74)63-22-6-14-30-75(63)89)39-43-68(80)69-44-40-57(48-81(69)92)90-76-31-15-7-23-64(76)65-24-8-16-32-77(65)90/h1-48,50-51H. The lowest BCUT2D eigenvalue weighted by Crippen LogP contribution is -2.06. The number of aromatic nitrogens is 7. The first kappa shape index (κ1) is 50.3. The number of nitriles is 1. The lowest BCUT2D eigenvalue weighted by atomic mass is 10.0. The zero-order valence-corrected chi connectivity index (χ0v) is 49.4. The first-order valence-electron chi connectivity index (χ1n) is 31.2. The quantitative estimate of drug-likeness (QED) is 0.160. The second kappa shape index (κ2) is 19.2. The zero-order valence-electron chi connectivity index (χ0n) is 49.4. The third kappa shape index (κ3) is 7.01. The van der Waals surface area contributed by atoms with E-state index in [1.807, 2.05) is 12.1 Å². The molecule has 0 aliphatic rings. The zero-order chi connectivity index (χ0) is 60.3. The van der Waals surface area contributed by atoms with Crippen LogP contribution in [-0.2, 0) is 0 Å². The lowest BCUT2D eigenvalue weighted by molar-refractivity contribution is 1.08. The van der Waals surface area contributed by atoms with Gasteiger partial charge in [-0.05, 0) is 115 Å². The van der Waals surface area contributed by atoms with Gasteiger partial charge in [0.05, 0.1) is 102 Å². The van der Waals surface area contributed by atoms with E-state index in [0.717, 1.165) is 133 Å². The van der Waals surface area contributed by atoms with Crippen LogP contribution < -0.4 is 0 Å². The Morgan fingerprint density at radius 1 is 0.228 bits per heavy atom. The normalized spacial score (nSPS) is 12.1. The van der Waals surface area contributed by atoms with Gasteiger partial charge >= 0.3 is 0 Å². The van der Waals surface area contributed by atoms with Crippen LogP contribution in [0.3, 0.4) is 0 Å². The molecule has 7 aromatic heterocycles. The number of benzene rings is 13. The third-order valence-electron chi connectivity index (χ3n) is 19.5. The highest BCUT2D eigenvalue weighted by molar-refractivity contribution is 6.17. The number of nitrogens with zero attached hydrogens (tertiary/aromatic N) is 8. The van der Waals surface area contributed by atoms with Crippen molar-refractivity contribution in [2.45, 2.75) is 0 Å². The summed E-state index contributed by atoms with van der Waals surface area (Å²) in [5.41, 5.74) is 21.6. The highest BCUT2D eigenvalue weighted by Crippen LogP contribution is 2.46. The molecule has 20 rings (SSSR count). The van der Waals surface area contributed by atoms with Gasteiger partial charge in [0.25, 0.3) is 0 Å². The van der Waals surface area contributed by atoms with Gasteiger partial charge in [-0.25, -0.2) is 0 Å². The summed E-state index contributed by atoms with van der Waals surface area (Å²) in [6, 6.07) is 108. The van der Waals surface area contributed by atoms with E-state index in [1.54, 1.807) is 0 Å². The largest absolute Gasteiger partial charge is 0.309 e. The average molecular weight is 1170 g/mol. The fourth-order valence-corrected chi connectivity index (χ4v) is 15.7. The second-order valence-electron chi connectivity index (χ2n) is 24.2. The van der Waals surface area contributed by atoms with Gasteiger partial charge in [0.15, 0.2) is 0 Å². The summed E-state index contributed by atoms with van der Waals surface area (Å²) < 4.78 is 14.6. The van der Waals surface area contributed by atoms with Crippen molar-refractivity contribution in [2.75, 3.05) is 0 Å². The molecule has 0 saturated carbocycles. The fourth-order valence-electron chi connectivity index (χ4n) is 15.7. The van der Waals surface area contributed by atoms with E-state index in [2.05, 4.69) is 325 Å². The summed E-state index contributed by atoms with van der Waals surface area (Å²) in [6.45, 7) is 0. The van der Waals surface area contributed by atoms with E-state index in [4.69, 9.17) is 4.98 Å². The molecule has 0 aliphatic carbocycles. The van der Waals surface area contributed by atoms with Crippen LogP contribution in [0.2, 0.25) is 0 Å². The van der Waals surface area contributed by atoms with Gasteiger partial charge in [-0.1, -0.05) is 182 Å². The molecule has 0 amide bonds. The van der Waals surface area contributed by atoms with Crippen LogP contribution in [0.15, 0.2) is 304 Å². The molecule has 0 saturated heterocycles. The Kier molecular flexibility index (Phi) is 10.5. The molecule has 0 N–H and O–H groups in total. The van der Waals surface area contributed by atoms with Gasteiger partial charge in [-0.3, -0.25) is 4.98 Å². The van der Waals surface area contributed by atoms with E-state index >= 15 is 0 Å². The fraction of sp³-hybridized carbons (Fsp3) is 0. The first-order chi connectivity index (χ1) is 45.6. The molecule has 92 heavy (non-hydrogen) atoms. The van der Waals surface area contributed by atoms with Gasteiger partial charge in [-0.2, -0.15) is 5.26 Å². The number of hydrogen-bond acceptors (Lipinski definition) is 2. The summed E-state index contributed by atoms with van der Waals surface area (Å²) in [4.78, 5) is 5.45. The predicted octanol–water partition coefficient (Wildman–Crippen LogP) is 21.2. The van der Waals surface area contributed by atoms with Crippen molar-refractivity contribution in [2.24, 2.45) is 0 Å². The van der Waals surface area contributed by atoms with Crippen molar-refractivity contribution in [3.05, 3.63) is 309 Å². The first-order valence-corrected chi connectivity index (χ1v) is 31.2. The number of rotatable bonds is 7. The van der Waals surface area contributed by atoms with Crippen molar-refractivity contribution in [3.8, 4) is 51.3 Å². The molecule has 426 valence electrons. The molecule has 20 aromatic rings. The van der Waals surface area contributed by atoms with Gasteiger partial charge in [0, 0.05) is 92.9 Å². The molecule has 0 unspecified atom stereocenters. The second-order valence-corrected chi connectivity index (χ2v) is 24.2. The molecule has 0 spiro atoms. The SMILES string of the molecule is N#Cc1ccc(-c2c(-n3c4cc(-n5c6ccccc6c6ccccc65)ccc4c4ccc(-n5c6ccccc6c6ccccc65)cc43)cncc2-n2c3cc(-n4c5ccccc5c5ccccc54)ccc3c3ccc(-n4c5ccccc5c5ccccc54)cc32)cc1. The molecule has 0 aliphatic heterocycles. The Morgan fingerprint density at radius 2 is 0.457 bits per heavy atom. The predicted molar refractivity (Wildman–Crippen MR) is 380 cm³/mol. The lowest BCUT2D eigenvalue weighted by Gasteiger charge is -2.20. The molecule has 0 fully saturated rings. The van der Waals surface area contributed by atoms with Gasteiger partial charge in [-0.15, -0.1) is 0 Å². The van der Waals surface area contributed by atoms with Crippen molar-refractivity contribution in [1.29, 1.82) is 5.26 Å². The molecule has 13 aromatic carbocycles. The summed E-state index contributed by atoms with van der Waals surface area (Å²) in [5, 5.41) is 24.5. The van der Waals surface area contributed by atoms with Crippen LogP contribution in [0.5, 0.6) is 0 Å². The van der Waals surface area contributed by atoms with Crippen LogP contribution in [0.1, 0.15) is 5.56 Å². The number of pyridine rings is 1. The minimum atomic E-state index is 0.581. The molecular weight excluding hydrogens is 1120 g/mol.